The molecule has 1 aromatic carbocycles. The monoisotopic (exact) mass is 273 g/mol. The van der Waals surface area contributed by atoms with E-state index in [1.165, 1.54) is 10.9 Å². The molecule has 0 fully saturated rings. The zero-order valence-corrected chi connectivity index (χ0v) is 12.4. The lowest BCUT2D eigenvalue weighted by atomic mass is 10.0. The minimum Gasteiger partial charge on any atom is -0.374 e. The van der Waals surface area contributed by atoms with E-state index in [1.807, 2.05) is 51.2 Å². The van der Waals surface area contributed by atoms with Crippen molar-refractivity contribution in [3.05, 3.63) is 42.1 Å². The Balaban J connectivity index is 2.13. The Bertz CT molecular complexity index is 558. The van der Waals surface area contributed by atoms with Crippen LogP contribution in [0.25, 0.3) is 10.9 Å². The van der Waals surface area contributed by atoms with E-state index in [0.717, 1.165) is 11.9 Å². The van der Waals surface area contributed by atoms with Gasteiger partial charge in [0, 0.05) is 17.6 Å². The quantitative estimate of drug-likeness (QED) is 0.649. The number of rotatable bonds is 5. The van der Waals surface area contributed by atoms with Crippen LogP contribution in [0, 0.1) is 0 Å². The predicted octanol–water partition coefficient (Wildman–Crippen LogP) is 2.42. The van der Waals surface area contributed by atoms with E-state index in [-0.39, 0.29) is 11.6 Å². The third kappa shape index (κ3) is 4.00. The molecule has 0 aliphatic rings. The maximum atomic E-state index is 5.81. The fourth-order valence-electron chi connectivity index (χ4n) is 2.12. The van der Waals surface area contributed by atoms with Crippen LogP contribution in [-0.2, 0) is 11.2 Å². The summed E-state index contributed by atoms with van der Waals surface area (Å²) in [5.74, 6) is 5.65. The highest BCUT2D eigenvalue weighted by Gasteiger charge is 2.16. The van der Waals surface area contributed by atoms with Gasteiger partial charge >= 0.3 is 0 Å². The number of hydrogen-bond donors (Lipinski definition) is 2. The summed E-state index contributed by atoms with van der Waals surface area (Å²) in [6.45, 7) is 6.71. The summed E-state index contributed by atoms with van der Waals surface area (Å²) in [4.78, 5) is 4.38. The molecule has 3 N–H and O–H groups in total. The van der Waals surface area contributed by atoms with Crippen LogP contribution in [0.2, 0.25) is 0 Å². The lowest BCUT2D eigenvalue weighted by Gasteiger charge is -2.24. The molecular formula is C16H23N3O. The number of nitrogens with one attached hydrogen (secondary N) is 1. The second kappa shape index (κ2) is 6.31. The smallest absolute Gasteiger partial charge is 0.0704 e. The fraction of sp³-hybridized carbons (Fsp3) is 0.438. The first-order valence-electron chi connectivity index (χ1n) is 6.92. The molecule has 0 spiro atoms. The number of ether oxygens (including phenoxy) is 1. The standard InChI is InChI=1S/C16H23N3O/c1-16(2,3)20-11-13(19-17)10-12-8-9-18-15-7-5-4-6-14(12)15/h4-9,13,19H,10-11,17H2,1-3H3. The summed E-state index contributed by atoms with van der Waals surface area (Å²) >= 11 is 0. The van der Waals surface area contributed by atoms with E-state index in [4.69, 9.17) is 10.6 Å². The van der Waals surface area contributed by atoms with Gasteiger partial charge in [-0.15, -0.1) is 0 Å². The van der Waals surface area contributed by atoms with Gasteiger partial charge in [-0.2, -0.15) is 0 Å². The number of nitrogens with zero attached hydrogens (tertiary/aromatic N) is 1. The lowest BCUT2D eigenvalue weighted by Crippen LogP contribution is -2.42. The Morgan fingerprint density at radius 1 is 1.25 bits per heavy atom. The Hall–Kier alpha value is -1.49. The van der Waals surface area contributed by atoms with Gasteiger partial charge in [0.25, 0.3) is 0 Å². The molecule has 1 atom stereocenters. The minimum atomic E-state index is -0.157. The number of para-hydroxylation sites is 1. The highest BCUT2D eigenvalue weighted by molar-refractivity contribution is 5.81. The van der Waals surface area contributed by atoms with Crippen LogP contribution in [-0.4, -0.2) is 23.2 Å². The van der Waals surface area contributed by atoms with Crippen LogP contribution >= 0.6 is 0 Å². The molecule has 0 bridgehead atoms. The second-order valence-electron chi connectivity index (χ2n) is 5.98. The van der Waals surface area contributed by atoms with Gasteiger partial charge in [0.05, 0.1) is 17.7 Å². The first-order valence-corrected chi connectivity index (χ1v) is 6.92. The SMILES string of the molecule is CC(C)(C)OCC(Cc1ccnc2ccccc12)NN. The fourth-order valence-corrected chi connectivity index (χ4v) is 2.12. The van der Waals surface area contributed by atoms with Crippen molar-refractivity contribution in [3.63, 3.8) is 0 Å². The average molecular weight is 273 g/mol. The molecule has 1 heterocycles. The summed E-state index contributed by atoms with van der Waals surface area (Å²) in [6.07, 6.45) is 2.66. The normalized spacial score (nSPS) is 13.6. The highest BCUT2D eigenvalue weighted by atomic mass is 16.5. The van der Waals surface area contributed by atoms with Crippen molar-refractivity contribution in [3.8, 4) is 0 Å². The molecular weight excluding hydrogens is 250 g/mol. The van der Waals surface area contributed by atoms with Gasteiger partial charge in [-0.05, 0) is 44.9 Å². The molecule has 2 aromatic rings. The topological polar surface area (TPSA) is 60.2 Å². The first kappa shape index (κ1) is 14.9. The number of aromatic nitrogens is 1. The van der Waals surface area contributed by atoms with E-state index in [9.17, 15) is 0 Å². The van der Waals surface area contributed by atoms with Crippen LogP contribution in [0.5, 0.6) is 0 Å². The van der Waals surface area contributed by atoms with Gasteiger partial charge in [-0.3, -0.25) is 16.3 Å². The highest BCUT2D eigenvalue weighted by Crippen LogP contribution is 2.18. The van der Waals surface area contributed by atoms with Crippen LogP contribution in [0.3, 0.4) is 0 Å². The zero-order chi connectivity index (χ0) is 14.6. The molecule has 0 saturated heterocycles. The average Bonchev–Trinajstić information content (AvgIpc) is 2.42. The van der Waals surface area contributed by atoms with Gasteiger partial charge in [0.1, 0.15) is 0 Å². The molecule has 0 radical (unpaired) electrons. The molecule has 2 rings (SSSR count). The maximum absolute atomic E-state index is 5.81. The molecule has 20 heavy (non-hydrogen) atoms. The largest absolute Gasteiger partial charge is 0.374 e. The Labute approximate surface area is 120 Å². The van der Waals surface area contributed by atoms with Crippen molar-refractivity contribution in [1.29, 1.82) is 0 Å². The number of hydrazine groups is 1. The van der Waals surface area contributed by atoms with Crippen LogP contribution < -0.4 is 11.3 Å². The van der Waals surface area contributed by atoms with Crippen molar-refractivity contribution in [2.75, 3.05) is 6.61 Å². The second-order valence-corrected chi connectivity index (χ2v) is 5.98. The Morgan fingerprint density at radius 2 is 2.00 bits per heavy atom. The summed E-state index contributed by atoms with van der Waals surface area (Å²) in [6, 6.07) is 10.3. The van der Waals surface area contributed by atoms with Crippen LogP contribution in [0.1, 0.15) is 26.3 Å². The zero-order valence-electron chi connectivity index (χ0n) is 12.4. The molecule has 4 heteroatoms. The lowest BCUT2D eigenvalue weighted by molar-refractivity contribution is -0.0143. The summed E-state index contributed by atoms with van der Waals surface area (Å²) in [5, 5.41) is 1.17. The molecule has 0 aliphatic carbocycles. The van der Waals surface area contributed by atoms with Crippen molar-refractivity contribution in [1.82, 2.24) is 10.4 Å². The van der Waals surface area contributed by atoms with E-state index < -0.39 is 0 Å². The van der Waals surface area contributed by atoms with Crippen molar-refractivity contribution >= 4 is 10.9 Å². The summed E-state index contributed by atoms with van der Waals surface area (Å²) in [7, 11) is 0. The molecule has 4 nitrogen and oxygen atoms in total. The maximum Gasteiger partial charge on any atom is 0.0704 e. The van der Waals surface area contributed by atoms with Crippen molar-refractivity contribution in [2.24, 2.45) is 5.84 Å². The van der Waals surface area contributed by atoms with Gasteiger partial charge < -0.3 is 4.74 Å². The van der Waals surface area contributed by atoms with Gasteiger partial charge in [-0.1, -0.05) is 18.2 Å². The number of pyridine rings is 1. The predicted molar refractivity (Wildman–Crippen MR) is 82.3 cm³/mol. The number of benzene rings is 1. The Morgan fingerprint density at radius 3 is 2.70 bits per heavy atom. The van der Waals surface area contributed by atoms with Gasteiger partial charge in [0.2, 0.25) is 0 Å². The Kier molecular flexibility index (Phi) is 4.70. The molecule has 0 amide bonds. The first-order chi connectivity index (χ1) is 9.49. The number of hydrogen-bond acceptors (Lipinski definition) is 4. The number of fused-ring (bicyclic) bond motifs is 1. The summed E-state index contributed by atoms with van der Waals surface area (Å²) in [5.41, 5.74) is 4.93. The van der Waals surface area contributed by atoms with E-state index in [2.05, 4.69) is 16.5 Å². The van der Waals surface area contributed by atoms with Gasteiger partial charge in [-0.25, -0.2) is 0 Å². The van der Waals surface area contributed by atoms with E-state index >= 15 is 0 Å². The van der Waals surface area contributed by atoms with Crippen LogP contribution in [0.4, 0.5) is 0 Å². The third-order valence-electron chi connectivity index (χ3n) is 3.16. The molecule has 1 aromatic heterocycles. The third-order valence-corrected chi connectivity index (χ3v) is 3.16. The van der Waals surface area contributed by atoms with Crippen molar-refractivity contribution < 1.29 is 4.74 Å². The van der Waals surface area contributed by atoms with Crippen molar-refractivity contribution in [2.45, 2.75) is 38.8 Å². The molecule has 0 aliphatic heterocycles. The summed E-state index contributed by atoms with van der Waals surface area (Å²) < 4.78 is 5.81. The number of nitrogens with two attached hydrogens (primary N) is 1. The molecule has 0 saturated carbocycles. The minimum absolute atomic E-state index is 0.0834. The van der Waals surface area contributed by atoms with Crippen LogP contribution in [0.15, 0.2) is 36.5 Å². The van der Waals surface area contributed by atoms with Gasteiger partial charge in [0.15, 0.2) is 0 Å². The van der Waals surface area contributed by atoms with E-state index in [1.54, 1.807) is 0 Å². The molecule has 1 unspecified atom stereocenters. The molecule has 108 valence electrons. The van der Waals surface area contributed by atoms with E-state index in [0.29, 0.717) is 6.61 Å².